The number of Topliss-reactive ketones (excluding diaryl/α,β-unsaturated/α-hetero) is 2. The van der Waals surface area contributed by atoms with Gasteiger partial charge in [0.05, 0.1) is 0 Å². The first-order chi connectivity index (χ1) is 9.31. The predicted molar refractivity (Wildman–Crippen MR) is 77.9 cm³/mol. The molecule has 0 spiro atoms. The van der Waals surface area contributed by atoms with Gasteiger partial charge < -0.3 is 5.73 Å². The Morgan fingerprint density at radius 3 is 2.05 bits per heavy atom. The van der Waals surface area contributed by atoms with Crippen LogP contribution in [0.3, 0.4) is 0 Å². The molecule has 0 aromatic rings. The molecule has 0 fully saturated rings. The number of ketones is 2. The minimum atomic E-state index is -0.373. The summed E-state index contributed by atoms with van der Waals surface area (Å²) in [6, 6.07) is 0. The van der Waals surface area contributed by atoms with Crippen LogP contribution in [0.15, 0.2) is 22.3 Å². The average Bonchev–Trinajstić information content (AvgIpc) is 2.40. The van der Waals surface area contributed by atoms with E-state index in [-0.39, 0.29) is 29.8 Å². The highest BCUT2D eigenvalue weighted by atomic mass is 16.1. The second kappa shape index (κ2) is 6.64. The fraction of sp³-hybridized carbons (Fsp3) is 0.562. The van der Waals surface area contributed by atoms with Crippen molar-refractivity contribution in [1.82, 2.24) is 0 Å². The number of nitrogens with two attached hydrogens (primary N) is 1. The van der Waals surface area contributed by atoms with Crippen molar-refractivity contribution in [3.05, 3.63) is 22.3 Å². The average molecular weight is 277 g/mol. The molecule has 0 bridgehead atoms. The Hall–Kier alpha value is -1.71. The first-order valence-electron chi connectivity index (χ1n) is 7.07. The van der Waals surface area contributed by atoms with Gasteiger partial charge in [-0.25, -0.2) is 0 Å². The highest BCUT2D eigenvalue weighted by Crippen LogP contribution is 2.33. The lowest BCUT2D eigenvalue weighted by molar-refractivity contribution is -0.118. The Morgan fingerprint density at radius 2 is 1.55 bits per heavy atom. The number of carbonyl (C=O) groups excluding carboxylic acids is 3. The fourth-order valence-electron chi connectivity index (χ4n) is 2.71. The van der Waals surface area contributed by atoms with Crippen LogP contribution in [0.4, 0.5) is 0 Å². The molecule has 110 valence electrons. The Bertz CT molecular complexity index is 512. The summed E-state index contributed by atoms with van der Waals surface area (Å²) in [5, 5.41) is 0. The number of rotatable bonds is 6. The van der Waals surface area contributed by atoms with Crippen LogP contribution in [0, 0.1) is 5.92 Å². The molecule has 1 atom stereocenters. The van der Waals surface area contributed by atoms with E-state index in [4.69, 9.17) is 5.73 Å². The van der Waals surface area contributed by atoms with Gasteiger partial charge in [-0.15, -0.1) is 0 Å². The summed E-state index contributed by atoms with van der Waals surface area (Å²) in [6.45, 7) is 7.11. The van der Waals surface area contributed by atoms with Gasteiger partial charge in [-0.2, -0.15) is 0 Å². The summed E-state index contributed by atoms with van der Waals surface area (Å²) < 4.78 is 0. The van der Waals surface area contributed by atoms with Gasteiger partial charge in [0.25, 0.3) is 0 Å². The summed E-state index contributed by atoms with van der Waals surface area (Å²) in [7, 11) is 0. The summed E-state index contributed by atoms with van der Waals surface area (Å²) in [4.78, 5) is 35.6. The maximum Gasteiger partial charge on any atom is 0.217 e. The van der Waals surface area contributed by atoms with Gasteiger partial charge in [0.15, 0.2) is 11.6 Å². The van der Waals surface area contributed by atoms with Crippen molar-refractivity contribution in [2.75, 3.05) is 0 Å². The molecule has 0 radical (unpaired) electrons. The van der Waals surface area contributed by atoms with Gasteiger partial charge in [0.2, 0.25) is 5.91 Å². The van der Waals surface area contributed by atoms with E-state index < -0.39 is 0 Å². The largest absolute Gasteiger partial charge is 0.370 e. The first kappa shape index (κ1) is 16.3. The monoisotopic (exact) mass is 277 g/mol. The molecule has 0 aromatic heterocycles. The maximum atomic E-state index is 12.5. The molecule has 0 saturated heterocycles. The molecule has 1 aliphatic carbocycles. The van der Waals surface area contributed by atoms with Crippen LogP contribution in [0.2, 0.25) is 0 Å². The Morgan fingerprint density at radius 1 is 1.00 bits per heavy atom. The molecular weight excluding hydrogens is 254 g/mol. The quantitative estimate of drug-likeness (QED) is 0.758. The molecule has 1 unspecified atom stereocenters. The van der Waals surface area contributed by atoms with Crippen LogP contribution in [-0.2, 0) is 14.4 Å². The van der Waals surface area contributed by atoms with Gasteiger partial charge >= 0.3 is 0 Å². The van der Waals surface area contributed by atoms with E-state index in [1.54, 1.807) is 20.8 Å². The van der Waals surface area contributed by atoms with E-state index in [9.17, 15) is 14.4 Å². The highest BCUT2D eigenvalue weighted by Gasteiger charge is 2.32. The van der Waals surface area contributed by atoms with E-state index >= 15 is 0 Å². The summed E-state index contributed by atoms with van der Waals surface area (Å²) in [5.74, 6) is -0.547. The number of hydrogen-bond donors (Lipinski definition) is 1. The van der Waals surface area contributed by atoms with Crippen molar-refractivity contribution < 1.29 is 14.4 Å². The van der Waals surface area contributed by atoms with Crippen molar-refractivity contribution in [1.29, 1.82) is 0 Å². The Labute approximate surface area is 120 Å². The molecule has 1 aliphatic rings. The topological polar surface area (TPSA) is 77.2 Å². The van der Waals surface area contributed by atoms with E-state index in [2.05, 4.69) is 0 Å². The molecule has 20 heavy (non-hydrogen) atoms. The second-order valence-electron chi connectivity index (χ2n) is 5.44. The van der Waals surface area contributed by atoms with Crippen molar-refractivity contribution in [3.8, 4) is 0 Å². The van der Waals surface area contributed by atoms with E-state index in [0.29, 0.717) is 28.7 Å². The Kier molecular flexibility index (Phi) is 5.43. The van der Waals surface area contributed by atoms with Crippen LogP contribution in [-0.4, -0.2) is 17.5 Å². The molecule has 4 heteroatoms. The standard InChI is InChI=1S/C16H23NO3/c1-5-6-12(7-8-13(17)18)14-11(4)15(19)9(2)10(3)16(14)20/h12H,5-8H2,1-4H3,(H2,17,18). The SMILES string of the molecule is CCCC(CCC(N)=O)C1=C(C)C(=O)C(C)=C(C)C1=O. The number of hydrogen-bond acceptors (Lipinski definition) is 3. The molecule has 4 nitrogen and oxygen atoms in total. The molecule has 0 heterocycles. The summed E-state index contributed by atoms with van der Waals surface area (Å²) in [5.41, 5.74) is 7.36. The molecule has 0 saturated carbocycles. The minimum absolute atomic E-state index is 0.0532. The zero-order chi connectivity index (χ0) is 15.4. The van der Waals surface area contributed by atoms with Crippen LogP contribution in [0.1, 0.15) is 53.4 Å². The third-order valence-electron chi connectivity index (χ3n) is 4.02. The van der Waals surface area contributed by atoms with Crippen molar-refractivity contribution in [2.45, 2.75) is 53.4 Å². The maximum absolute atomic E-state index is 12.5. The van der Waals surface area contributed by atoms with Crippen LogP contribution in [0.25, 0.3) is 0 Å². The van der Waals surface area contributed by atoms with Gasteiger partial charge in [-0.05, 0) is 39.5 Å². The lowest BCUT2D eigenvalue weighted by atomic mass is 9.77. The van der Waals surface area contributed by atoms with Crippen LogP contribution < -0.4 is 5.73 Å². The molecule has 2 N–H and O–H groups in total. The lowest BCUT2D eigenvalue weighted by Crippen LogP contribution is -2.26. The van der Waals surface area contributed by atoms with E-state index in [1.165, 1.54) is 0 Å². The van der Waals surface area contributed by atoms with Crippen LogP contribution >= 0.6 is 0 Å². The normalized spacial score (nSPS) is 17.8. The van der Waals surface area contributed by atoms with Gasteiger partial charge in [0.1, 0.15) is 0 Å². The third kappa shape index (κ3) is 3.24. The highest BCUT2D eigenvalue weighted by molar-refractivity contribution is 6.24. The molecule has 1 rings (SSSR count). The Balaban J connectivity index is 3.14. The van der Waals surface area contributed by atoms with Crippen molar-refractivity contribution in [3.63, 3.8) is 0 Å². The predicted octanol–water partition coefficient (Wildman–Crippen LogP) is 2.47. The smallest absolute Gasteiger partial charge is 0.217 e. The van der Waals surface area contributed by atoms with Crippen molar-refractivity contribution >= 4 is 17.5 Å². The number of amides is 1. The second-order valence-corrected chi connectivity index (χ2v) is 5.44. The zero-order valence-electron chi connectivity index (χ0n) is 12.7. The van der Waals surface area contributed by atoms with E-state index in [1.807, 2.05) is 6.92 Å². The van der Waals surface area contributed by atoms with Gasteiger partial charge in [-0.1, -0.05) is 13.3 Å². The molecule has 0 aromatic carbocycles. The molecule has 0 aliphatic heterocycles. The number of carbonyl (C=O) groups is 3. The van der Waals surface area contributed by atoms with Crippen molar-refractivity contribution in [2.24, 2.45) is 11.7 Å². The summed E-state index contributed by atoms with van der Waals surface area (Å²) >= 11 is 0. The molecular formula is C16H23NO3. The fourth-order valence-corrected chi connectivity index (χ4v) is 2.71. The number of primary amides is 1. The van der Waals surface area contributed by atoms with Gasteiger partial charge in [0, 0.05) is 28.7 Å². The third-order valence-corrected chi connectivity index (χ3v) is 4.02. The number of allylic oxidation sites excluding steroid dienone is 4. The van der Waals surface area contributed by atoms with Gasteiger partial charge in [-0.3, -0.25) is 14.4 Å². The molecule has 1 amide bonds. The van der Waals surface area contributed by atoms with Crippen LogP contribution in [0.5, 0.6) is 0 Å². The minimum Gasteiger partial charge on any atom is -0.370 e. The first-order valence-corrected chi connectivity index (χ1v) is 7.07. The summed E-state index contributed by atoms with van der Waals surface area (Å²) in [6.07, 6.45) is 2.45. The lowest BCUT2D eigenvalue weighted by Gasteiger charge is -2.25. The van der Waals surface area contributed by atoms with E-state index in [0.717, 1.165) is 12.8 Å². The zero-order valence-corrected chi connectivity index (χ0v) is 12.7.